The van der Waals surface area contributed by atoms with Gasteiger partial charge >= 0.3 is 5.97 Å². The van der Waals surface area contributed by atoms with Gasteiger partial charge in [0.15, 0.2) is 0 Å². The van der Waals surface area contributed by atoms with Gasteiger partial charge in [-0.1, -0.05) is 43.2 Å². The molecule has 0 heterocycles. The lowest BCUT2D eigenvalue weighted by Crippen LogP contribution is -2.49. The molecule has 1 aromatic carbocycles. The van der Waals surface area contributed by atoms with Crippen molar-refractivity contribution in [3.8, 4) is 0 Å². The molecular formula is C16H21NO3. The third-order valence-electron chi connectivity index (χ3n) is 4.13. The van der Waals surface area contributed by atoms with Crippen LogP contribution in [0.4, 0.5) is 0 Å². The molecular weight excluding hydrogens is 254 g/mol. The first-order valence-electron chi connectivity index (χ1n) is 7.11. The summed E-state index contributed by atoms with van der Waals surface area (Å²) < 4.78 is 0. The van der Waals surface area contributed by atoms with Crippen LogP contribution in [0.3, 0.4) is 0 Å². The topological polar surface area (TPSA) is 66.4 Å². The number of carbonyl (C=O) groups is 2. The zero-order valence-corrected chi connectivity index (χ0v) is 11.8. The van der Waals surface area contributed by atoms with Crippen LogP contribution >= 0.6 is 0 Å². The van der Waals surface area contributed by atoms with Crippen LogP contribution in [0.2, 0.25) is 0 Å². The summed E-state index contributed by atoms with van der Waals surface area (Å²) in [6.07, 6.45) is 3.49. The van der Waals surface area contributed by atoms with Crippen molar-refractivity contribution in [1.82, 2.24) is 5.32 Å². The van der Waals surface area contributed by atoms with Gasteiger partial charge in [-0.2, -0.15) is 0 Å². The number of carboxylic acids is 1. The Hall–Kier alpha value is -1.84. The van der Waals surface area contributed by atoms with Gasteiger partial charge in [-0.15, -0.1) is 0 Å². The average Bonchev–Trinajstić information content (AvgIpc) is 2.86. The molecule has 0 aliphatic heterocycles. The van der Waals surface area contributed by atoms with Crippen molar-refractivity contribution < 1.29 is 14.7 Å². The molecule has 2 N–H and O–H groups in total. The van der Waals surface area contributed by atoms with Gasteiger partial charge < -0.3 is 10.4 Å². The van der Waals surface area contributed by atoms with Gasteiger partial charge in [0.2, 0.25) is 5.91 Å². The number of aliphatic carboxylic acids is 1. The van der Waals surface area contributed by atoms with Gasteiger partial charge in [-0.3, -0.25) is 9.59 Å². The van der Waals surface area contributed by atoms with Crippen molar-refractivity contribution in [2.45, 2.75) is 50.5 Å². The Balaban J connectivity index is 2.07. The van der Waals surface area contributed by atoms with E-state index < -0.39 is 11.5 Å². The van der Waals surface area contributed by atoms with E-state index in [0.717, 1.165) is 31.2 Å². The van der Waals surface area contributed by atoms with Crippen LogP contribution in [-0.4, -0.2) is 22.5 Å². The number of benzene rings is 1. The molecule has 1 saturated carbocycles. The Bertz CT molecular complexity index is 478. The van der Waals surface area contributed by atoms with E-state index in [2.05, 4.69) is 5.32 Å². The maximum atomic E-state index is 12.4. The van der Waals surface area contributed by atoms with E-state index in [4.69, 9.17) is 5.11 Å². The molecule has 1 aliphatic rings. The quantitative estimate of drug-likeness (QED) is 0.868. The maximum Gasteiger partial charge on any atom is 0.305 e. The summed E-state index contributed by atoms with van der Waals surface area (Å²) >= 11 is 0. The number of carboxylic acid groups (broad SMARTS) is 1. The van der Waals surface area contributed by atoms with Gasteiger partial charge in [0, 0.05) is 0 Å². The van der Waals surface area contributed by atoms with E-state index in [1.807, 2.05) is 37.3 Å². The molecule has 4 nitrogen and oxygen atoms in total. The van der Waals surface area contributed by atoms with Gasteiger partial charge in [-0.05, 0) is 25.3 Å². The zero-order valence-electron chi connectivity index (χ0n) is 11.8. The minimum atomic E-state index is -0.848. The Kier molecular flexibility index (Phi) is 4.42. The van der Waals surface area contributed by atoms with E-state index in [0.29, 0.717) is 0 Å². The Morgan fingerprint density at radius 3 is 2.40 bits per heavy atom. The predicted molar refractivity (Wildman–Crippen MR) is 76.5 cm³/mol. The highest BCUT2D eigenvalue weighted by Gasteiger charge is 2.38. The number of carbonyl (C=O) groups excluding carboxylic acids is 1. The summed E-state index contributed by atoms with van der Waals surface area (Å²) in [5, 5.41) is 12.1. The van der Waals surface area contributed by atoms with E-state index in [1.165, 1.54) is 0 Å². The van der Waals surface area contributed by atoms with Crippen LogP contribution in [-0.2, 0) is 9.59 Å². The van der Waals surface area contributed by atoms with Crippen molar-refractivity contribution in [2.24, 2.45) is 0 Å². The molecule has 0 bridgehead atoms. The van der Waals surface area contributed by atoms with Crippen molar-refractivity contribution in [2.75, 3.05) is 0 Å². The third-order valence-corrected chi connectivity index (χ3v) is 4.13. The van der Waals surface area contributed by atoms with Crippen LogP contribution < -0.4 is 5.32 Å². The fourth-order valence-electron chi connectivity index (χ4n) is 2.95. The highest BCUT2D eigenvalue weighted by Crippen LogP contribution is 2.33. The van der Waals surface area contributed by atoms with Crippen molar-refractivity contribution in [3.05, 3.63) is 35.9 Å². The molecule has 0 aromatic heterocycles. The molecule has 0 radical (unpaired) electrons. The molecule has 20 heavy (non-hydrogen) atoms. The minimum absolute atomic E-state index is 0.0141. The molecule has 108 valence electrons. The Morgan fingerprint density at radius 2 is 1.85 bits per heavy atom. The summed E-state index contributed by atoms with van der Waals surface area (Å²) in [5.74, 6) is -1.19. The second-order valence-corrected chi connectivity index (χ2v) is 5.68. The number of nitrogens with one attached hydrogen (secondary N) is 1. The number of hydrogen-bond donors (Lipinski definition) is 2. The normalized spacial score (nSPS) is 18.4. The molecule has 1 fully saturated rings. The van der Waals surface area contributed by atoms with Crippen LogP contribution in [0.5, 0.6) is 0 Å². The second kappa shape index (κ2) is 6.07. The first kappa shape index (κ1) is 14.6. The molecule has 0 spiro atoms. The molecule has 1 unspecified atom stereocenters. The lowest BCUT2D eigenvalue weighted by molar-refractivity contribution is -0.139. The molecule has 1 aromatic rings. The van der Waals surface area contributed by atoms with E-state index in [-0.39, 0.29) is 18.2 Å². The number of amides is 1. The van der Waals surface area contributed by atoms with Gasteiger partial charge in [0.25, 0.3) is 0 Å². The first-order valence-corrected chi connectivity index (χ1v) is 7.11. The fraction of sp³-hybridized carbons (Fsp3) is 0.500. The van der Waals surface area contributed by atoms with Crippen molar-refractivity contribution >= 4 is 11.9 Å². The highest BCUT2D eigenvalue weighted by molar-refractivity contribution is 5.84. The van der Waals surface area contributed by atoms with Crippen molar-refractivity contribution in [3.63, 3.8) is 0 Å². The number of rotatable bonds is 5. The average molecular weight is 275 g/mol. The summed E-state index contributed by atoms with van der Waals surface area (Å²) in [4.78, 5) is 23.4. The lowest BCUT2D eigenvalue weighted by atomic mass is 9.91. The molecule has 1 atom stereocenters. The summed E-state index contributed by atoms with van der Waals surface area (Å²) in [6, 6.07) is 9.56. The molecule has 0 saturated heterocycles. The van der Waals surface area contributed by atoms with Crippen LogP contribution in [0.25, 0.3) is 0 Å². The predicted octanol–water partition coefficient (Wildman–Crippen LogP) is 2.69. The third kappa shape index (κ3) is 3.38. The minimum Gasteiger partial charge on any atom is -0.481 e. The SMILES string of the molecule is CC(C(=O)NC1(CC(=O)O)CCCC1)c1ccccc1. The Morgan fingerprint density at radius 1 is 1.25 bits per heavy atom. The first-order chi connectivity index (χ1) is 9.52. The highest BCUT2D eigenvalue weighted by atomic mass is 16.4. The van der Waals surface area contributed by atoms with Crippen LogP contribution in [0, 0.1) is 0 Å². The van der Waals surface area contributed by atoms with Gasteiger partial charge in [0.05, 0.1) is 17.9 Å². The van der Waals surface area contributed by atoms with E-state index in [9.17, 15) is 9.59 Å². The maximum absolute atomic E-state index is 12.4. The van der Waals surface area contributed by atoms with Crippen LogP contribution in [0.15, 0.2) is 30.3 Å². The van der Waals surface area contributed by atoms with Crippen LogP contribution in [0.1, 0.15) is 50.5 Å². The lowest BCUT2D eigenvalue weighted by Gasteiger charge is -2.30. The number of hydrogen-bond acceptors (Lipinski definition) is 2. The summed E-state index contributed by atoms with van der Waals surface area (Å²) in [5.41, 5.74) is 0.403. The summed E-state index contributed by atoms with van der Waals surface area (Å²) in [6.45, 7) is 1.86. The zero-order chi connectivity index (χ0) is 14.6. The van der Waals surface area contributed by atoms with E-state index in [1.54, 1.807) is 0 Å². The van der Waals surface area contributed by atoms with Gasteiger partial charge in [-0.25, -0.2) is 0 Å². The monoisotopic (exact) mass is 275 g/mol. The molecule has 1 amide bonds. The molecule has 4 heteroatoms. The smallest absolute Gasteiger partial charge is 0.305 e. The van der Waals surface area contributed by atoms with E-state index >= 15 is 0 Å². The second-order valence-electron chi connectivity index (χ2n) is 5.68. The largest absolute Gasteiger partial charge is 0.481 e. The fourth-order valence-corrected chi connectivity index (χ4v) is 2.95. The standard InChI is InChI=1S/C16H21NO3/c1-12(13-7-3-2-4-8-13)15(20)17-16(11-14(18)19)9-5-6-10-16/h2-4,7-8,12H,5-6,9-11H2,1H3,(H,17,20)(H,18,19). The molecule has 2 rings (SSSR count). The van der Waals surface area contributed by atoms with Crippen molar-refractivity contribution in [1.29, 1.82) is 0 Å². The summed E-state index contributed by atoms with van der Waals surface area (Å²) in [7, 11) is 0. The Labute approximate surface area is 119 Å². The molecule has 1 aliphatic carbocycles. The van der Waals surface area contributed by atoms with Gasteiger partial charge in [0.1, 0.15) is 0 Å².